The van der Waals surface area contributed by atoms with Gasteiger partial charge in [0.05, 0.1) is 30.7 Å². The fourth-order valence-corrected chi connectivity index (χ4v) is 3.06. The number of nitrogens with zero attached hydrogens (tertiary/aromatic N) is 1. The minimum Gasteiger partial charge on any atom is -0.493 e. The van der Waals surface area contributed by atoms with Crippen molar-refractivity contribution in [3.63, 3.8) is 0 Å². The van der Waals surface area contributed by atoms with E-state index in [1.807, 2.05) is 13.8 Å². The summed E-state index contributed by atoms with van der Waals surface area (Å²) in [5.41, 5.74) is 1.06. The molecule has 0 amide bonds. The summed E-state index contributed by atoms with van der Waals surface area (Å²) in [5, 5.41) is 11.4. The maximum Gasteiger partial charge on any atom is 0.330 e. The van der Waals surface area contributed by atoms with Crippen molar-refractivity contribution in [2.45, 2.75) is 53.0 Å². The molecule has 0 radical (unpaired) electrons. The Morgan fingerprint density at radius 2 is 2.00 bits per heavy atom. The lowest BCUT2D eigenvalue weighted by molar-refractivity contribution is -0.144. The molecule has 30 heavy (non-hydrogen) atoms. The number of hydrogen-bond donors (Lipinski definition) is 3. The van der Waals surface area contributed by atoms with Gasteiger partial charge in [-0.05, 0) is 52.3 Å². The number of benzene rings is 1. The van der Waals surface area contributed by atoms with E-state index in [2.05, 4.69) is 15.3 Å². The maximum atomic E-state index is 12.5. The fourth-order valence-electron chi connectivity index (χ4n) is 3.06. The van der Waals surface area contributed by atoms with Gasteiger partial charge in [0, 0.05) is 11.3 Å². The summed E-state index contributed by atoms with van der Waals surface area (Å²) in [5.74, 6) is 0.443. The average molecular weight is 415 g/mol. The van der Waals surface area contributed by atoms with Crippen molar-refractivity contribution in [1.29, 1.82) is 5.41 Å². The number of anilines is 1. The minimum atomic E-state index is -0.957. The molecule has 0 unspecified atom stereocenters. The third-order valence-electron chi connectivity index (χ3n) is 4.62. The van der Waals surface area contributed by atoms with Crippen molar-refractivity contribution in [2.24, 2.45) is 0 Å². The van der Waals surface area contributed by atoms with Gasteiger partial charge >= 0.3 is 5.97 Å². The molecule has 0 aliphatic heterocycles. The van der Waals surface area contributed by atoms with E-state index in [0.29, 0.717) is 52.8 Å². The molecule has 0 spiro atoms. The largest absolute Gasteiger partial charge is 0.493 e. The molecule has 2 aromatic rings. The van der Waals surface area contributed by atoms with E-state index < -0.39 is 11.5 Å². The SMILES string of the molecule is CCCC(=N)c1nc(-c2cc(NC(C)(C)C(=O)OC)ccc2OCC)[nH]c(=O)c1C. The highest BCUT2D eigenvalue weighted by molar-refractivity contribution is 5.98. The van der Waals surface area contributed by atoms with Gasteiger partial charge in [0.25, 0.3) is 5.56 Å². The topological polar surface area (TPSA) is 117 Å². The summed E-state index contributed by atoms with van der Waals surface area (Å²) in [6.45, 7) is 9.36. The highest BCUT2D eigenvalue weighted by Crippen LogP contribution is 2.32. The lowest BCUT2D eigenvalue weighted by atomic mass is 10.0. The van der Waals surface area contributed by atoms with Gasteiger partial charge in [-0.3, -0.25) is 4.79 Å². The quantitative estimate of drug-likeness (QED) is 0.426. The number of H-pyrrole nitrogens is 1. The summed E-state index contributed by atoms with van der Waals surface area (Å²) in [6.07, 6.45) is 1.32. The molecule has 8 heteroatoms. The molecule has 0 atom stereocenters. The van der Waals surface area contributed by atoms with E-state index in [1.165, 1.54) is 7.11 Å². The zero-order valence-corrected chi connectivity index (χ0v) is 18.4. The summed E-state index contributed by atoms with van der Waals surface area (Å²) >= 11 is 0. The fraction of sp³-hybridized carbons (Fsp3) is 0.455. The minimum absolute atomic E-state index is 0.299. The summed E-state index contributed by atoms with van der Waals surface area (Å²) < 4.78 is 10.6. The van der Waals surface area contributed by atoms with Gasteiger partial charge < -0.3 is 25.2 Å². The second-order valence-corrected chi connectivity index (χ2v) is 7.50. The van der Waals surface area contributed by atoms with Crippen molar-refractivity contribution in [1.82, 2.24) is 9.97 Å². The Bertz CT molecular complexity index is 995. The maximum absolute atomic E-state index is 12.5. The molecule has 0 aliphatic carbocycles. The first-order valence-electron chi connectivity index (χ1n) is 9.97. The lowest BCUT2D eigenvalue weighted by Gasteiger charge is -2.25. The zero-order valence-electron chi connectivity index (χ0n) is 18.4. The Morgan fingerprint density at radius 3 is 2.60 bits per heavy atom. The first-order valence-corrected chi connectivity index (χ1v) is 9.97. The number of rotatable bonds is 9. The molecule has 0 saturated carbocycles. The van der Waals surface area contributed by atoms with Crippen LogP contribution >= 0.6 is 0 Å². The number of aromatic amines is 1. The van der Waals surface area contributed by atoms with E-state index >= 15 is 0 Å². The molecule has 0 fully saturated rings. The zero-order chi connectivity index (χ0) is 22.5. The molecular weight excluding hydrogens is 384 g/mol. The van der Waals surface area contributed by atoms with Crippen molar-refractivity contribution >= 4 is 17.4 Å². The first-order chi connectivity index (χ1) is 14.1. The van der Waals surface area contributed by atoms with Crippen LogP contribution < -0.4 is 15.6 Å². The highest BCUT2D eigenvalue weighted by atomic mass is 16.5. The van der Waals surface area contributed by atoms with Gasteiger partial charge in [0.1, 0.15) is 17.1 Å². The number of hydrogen-bond acceptors (Lipinski definition) is 7. The number of esters is 1. The number of nitrogens with one attached hydrogen (secondary N) is 3. The van der Waals surface area contributed by atoms with E-state index in [0.717, 1.165) is 6.42 Å². The van der Waals surface area contributed by atoms with Crippen LogP contribution in [0.1, 0.15) is 51.8 Å². The van der Waals surface area contributed by atoms with Gasteiger partial charge in [-0.1, -0.05) is 13.3 Å². The molecule has 0 aliphatic rings. The van der Waals surface area contributed by atoms with Crippen LogP contribution in [0.2, 0.25) is 0 Å². The van der Waals surface area contributed by atoms with Gasteiger partial charge in [-0.15, -0.1) is 0 Å². The van der Waals surface area contributed by atoms with E-state index in [4.69, 9.17) is 14.9 Å². The first kappa shape index (κ1) is 23.1. The van der Waals surface area contributed by atoms with Crippen molar-refractivity contribution < 1.29 is 14.3 Å². The van der Waals surface area contributed by atoms with Crippen molar-refractivity contribution in [3.8, 4) is 17.1 Å². The molecule has 1 aromatic heterocycles. The number of carbonyl (C=O) groups is 1. The third-order valence-corrected chi connectivity index (χ3v) is 4.62. The molecular formula is C22H30N4O4. The molecule has 162 valence electrons. The molecule has 0 saturated heterocycles. The van der Waals surface area contributed by atoms with Crippen LogP contribution in [0, 0.1) is 12.3 Å². The molecule has 1 heterocycles. The van der Waals surface area contributed by atoms with Gasteiger partial charge in [0.2, 0.25) is 0 Å². The predicted molar refractivity (Wildman–Crippen MR) is 118 cm³/mol. The smallest absolute Gasteiger partial charge is 0.330 e. The Hall–Kier alpha value is -3.16. The van der Waals surface area contributed by atoms with E-state index in [-0.39, 0.29) is 5.56 Å². The van der Waals surface area contributed by atoms with Crippen molar-refractivity contribution in [2.75, 3.05) is 19.0 Å². The molecule has 3 N–H and O–H groups in total. The Balaban J connectivity index is 2.60. The Morgan fingerprint density at radius 1 is 1.30 bits per heavy atom. The van der Waals surface area contributed by atoms with Crippen LogP contribution in [-0.2, 0) is 9.53 Å². The Kier molecular flexibility index (Phi) is 7.37. The normalized spacial score (nSPS) is 11.1. The van der Waals surface area contributed by atoms with Crippen LogP contribution in [-0.4, -0.2) is 40.9 Å². The summed E-state index contributed by atoms with van der Waals surface area (Å²) in [6, 6.07) is 5.30. The summed E-state index contributed by atoms with van der Waals surface area (Å²) in [7, 11) is 1.34. The molecule has 8 nitrogen and oxygen atoms in total. The molecule has 2 rings (SSSR count). The lowest BCUT2D eigenvalue weighted by Crippen LogP contribution is -2.41. The van der Waals surface area contributed by atoms with Crippen molar-refractivity contribution in [3.05, 3.63) is 39.8 Å². The van der Waals surface area contributed by atoms with Crippen LogP contribution in [0.4, 0.5) is 5.69 Å². The van der Waals surface area contributed by atoms with E-state index in [1.54, 1.807) is 39.0 Å². The predicted octanol–water partition coefficient (Wildman–Crippen LogP) is 3.68. The number of methoxy groups -OCH3 is 1. The van der Waals surface area contributed by atoms with Crippen LogP contribution in [0.5, 0.6) is 5.75 Å². The molecule has 1 aromatic carbocycles. The highest BCUT2D eigenvalue weighted by Gasteiger charge is 2.28. The van der Waals surface area contributed by atoms with Crippen LogP contribution in [0.3, 0.4) is 0 Å². The number of carbonyl (C=O) groups excluding carboxylic acids is 1. The van der Waals surface area contributed by atoms with Crippen LogP contribution in [0.15, 0.2) is 23.0 Å². The second kappa shape index (κ2) is 9.56. The monoisotopic (exact) mass is 414 g/mol. The third kappa shape index (κ3) is 5.06. The van der Waals surface area contributed by atoms with Gasteiger partial charge in [0.15, 0.2) is 0 Å². The standard InChI is InChI=1S/C22H30N4O4/c1-7-9-16(23)18-13(3)20(27)25-19(24-18)15-12-14(10-11-17(15)30-8-2)26-22(4,5)21(28)29-6/h10-12,23,26H,7-9H2,1-6H3,(H,24,25,27). The molecule has 0 bridgehead atoms. The van der Waals surface area contributed by atoms with E-state index in [9.17, 15) is 9.59 Å². The number of aromatic nitrogens is 2. The van der Waals surface area contributed by atoms with Gasteiger partial charge in [-0.2, -0.15) is 0 Å². The van der Waals surface area contributed by atoms with Crippen LogP contribution in [0.25, 0.3) is 11.4 Å². The number of ether oxygens (including phenoxy) is 2. The summed E-state index contributed by atoms with van der Waals surface area (Å²) in [4.78, 5) is 31.9. The second-order valence-electron chi connectivity index (χ2n) is 7.50. The van der Waals surface area contributed by atoms with Gasteiger partial charge in [-0.25, -0.2) is 9.78 Å². The Labute approximate surface area is 176 Å². The average Bonchev–Trinajstić information content (AvgIpc) is 2.70.